The maximum Gasteiger partial charge on any atom is 0.224 e. The molecule has 0 radical (unpaired) electrons. The number of anilines is 1. The van der Waals surface area contributed by atoms with Crippen molar-refractivity contribution < 1.29 is 4.79 Å². The highest BCUT2D eigenvalue weighted by Crippen LogP contribution is 2.30. The summed E-state index contributed by atoms with van der Waals surface area (Å²) in [4.78, 5) is 20.5. The molecule has 0 aliphatic heterocycles. The molecule has 0 saturated heterocycles. The minimum atomic E-state index is 0.0477. The number of carbonyl (C=O) groups excluding carboxylic acids is 1. The van der Waals surface area contributed by atoms with Gasteiger partial charge in [0.25, 0.3) is 0 Å². The number of hydrogen-bond acceptors (Lipinski definition) is 2. The van der Waals surface area contributed by atoms with Crippen LogP contribution in [0.5, 0.6) is 0 Å². The highest BCUT2D eigenvalue weighted by Gasteiger charge is 2.14. The number of pyridine rings is 1. The summed E-state index contributed by atoms with van der Waals surface area (Å²) in [6.07, 6.45) is 3.88. The molecule has 2 aromatic carbocycles. The molecule has 152 valence electrons. The molecule has 2 heterocycles. The van der Waals surface area contributed by atoms with Gasteiger partial charge in [-0.05, 0) is 60.2 Å². The van der Waals surface area contributed by atoms with Crippen molar-refractivity contribution >= 4 is 22.5 Å². The van der Waals surface area contributed by atoms with Gasteiger partial charge in [-0.15, -0.1) is 0 Å². The van der Waals surface area contributed by atoms with E-state index in [1.807, 2.05) is 42.6 Å². The van der Waals surface area contributed by atoms with Crippen LogP contribution in [-0.2, 0) is 11.2 Å². The molecule has 0 saturated carbocycles. The van der Waals surface area contributed by atoms with E-state index in [0.717, 1.165) is 35.4 Å². The van der Waals surface area contributed by atoms with Crippen molar-refractivity contribution in [3.63, 3.8) is 0 Å². The fourth-order valence-corrected chi connectivity index (χ4v) is 3.79. The quantitative estimate of drug-likeness (QED) is 0.384. The topological polar surface area (TPSA) is 57.8 Å². The second-order valence-corrected chi connectivity index (χ2v) is 7.92. The van der Waals surface area contributed by atoms with Crippen molar-refractivity contribution in [1.82, 2.24) is 9.97 Å². The van der Waals surface area contributed by atoms with Gasteiger partial charge in [0, 0.05) is 29.2 Å². The molecule has 4 aromatic rings. The number of aromatic amines is 1. The van der Waals surface area contributed by atoms with E-state index in [1.54, 1.807) is 0 Å². The Morgan fingerprint density at radius 1 is 1.00 bits per heavy atom. The number of hydrogen-bond donors (Lipinski definition) is 2. The van der Waals surface area contributed by atoms with Crippen LogP contribution < -0.4 is 5.32 Å². The Bertz CT molecular complexity index is 1130. The average molecular weight is 398 g/mol. The summed E-state index contributed by atoms with van der Waals surface area (Å²) in [5.74, 6) is 0.533. The van der Waals surface area contributed by atoms with Gasteiger partial charge in [-0.2, -0.15) is 0 Å². The van der Waals surface area contributed by atoms with Crippen LogP contribution in [0.15, 0.2) is 72.9 Å². The van der Waals surface area contributed by atoms with E-state index in [-0.39, 0.29) is 5.91 Å². The van der Waals surface area contributed by atoms with Crippen LogP contribution in [-0.4, -0.2) is 15.9 Å². The lowest BCUT2D eigenvalue weighted by atomic mass is 10.0. The third-order valence-corrected chi connectivity index (χ3v) is 5.43. The molecule has 0 bridgehead atoms. The molecule has 0 aliphatic rings. The molecule has 4 heteroatoms. The van der Waals surface area contributed by atoms with Crippen LogP contribution in [0.1, 0.15) is 43.7 Å². The third kappa shape index (κ3) is 4.43. The first-order chi connectivity index (χ1) is 14.6. The second-order valence-electron chi connectivity index (χ2n) is 7.92. The van der Waals surface area contributed by atoms with Gasteiger partial charge >= 0.3 is 0 Å². The molecular formula is C26H27N3O. The lowest BCUT2D eigenvalue weighted by molar-refractivity contribution is -0.116. The highest BCUT2D eigenvalue weighted by atomic mass is 16.1. The number of fused-ring (bicyclic) bond motifs is 1. The molecule has 0 fully saturated rings. The molecular weight excluding hydrogens is 370 g/mol. The lowest BCUT2D eigenvalue weighted by Crippen LogP contribution is -2.11. The normalized spacial score (nSPS) is 11.2. The molecule has 4 nitrogen and oxygen atoms in total. The molecule has 0 unspecified atom stereocenters. The van der Waals surface area contributed by atoms with E-state index in [0.29, 0.717) is 12.3 Å². The summed E-state index contributed by atoms with van der Waals surface area (Å²) in [6, 6.07) is 22.3. The number of aryl methyl sites for hydroxylation is 1. The van der Waals surface area contributed by atoms with Gasteiger partial charge in [-0.3, -0.25) is 9.78 Å². The number of nitrogens with zero attached hydrogens (tertiary/aromatic N) is 1. The predicted molar refractivity (Wildman–Crippen MR) is 124 cm³/mol. The van der Waals surface area contributed by atoms with Gasteiger partial charge in [0.15, 0.2) is 0 Å². The molecule has 0 spiro atoms. The molecule has 1 amide bonds. The van der Waals surface area contributed by atoms with Gasteiger partial charge < -0.3 is 10.3 Å². The van der Waals surface area contributed by atoms with E-state index in [2.05, 4.69) is 59.5 Å². The maximum atomic E-state index is 12.4. The van der Waals surface area contributed by atoms with Gasteiger partial charge in [-0.1, -0.05) is 50.2 Å². The SMILES string of the molecule is CC(C)c1ccc(NC(=O)CCCc2c(-c3ccccn3)[nH]c3ccccc23)cc1. The number of aromatic nitrogens is 2. The summed E-state index contributed by atoms with van der Waals surface area (Å²) in [5, 5.41) is 4.21. The van der Waals surface area contributed by atoms with Gasteiger partial charge in [0.2, 0.25) is 5.91 Å². The molecule has 0 aliphatic carbocycles. The summed E-state index contributed by atoms with van der Waals surface area (Å²) >= 11 is 0. The van der Waals surface area contributed by atoms with E-state index in [4.69, 9.17) is 0 Å². The first-order valence-electron chi connectivity index (χ1n) is 10.5. The molecule has 4 rings (SSSR count). The average Bonchev–Trinajstić information content (AvgIpc) is 3.13. The van der Waals surface area contributed by atoms with Crippen LogP contribution >= 0.6 is 0 Å². The number of carbonyl (C=O) groups is 1. The van der Waals surface area contributed by atoms with E-state index in [1.165, 1.54) is 16.5 Å². The molecule has 2 aromatic heterocycles. The van der Waals surface area contributed by atoms with Crippen molar-refractivity contribution in [2.45, 2.75) is 39.0 Å². The Kier molecular flexibility index (Phi) is 5.94. The zero-order chi connectivity index (χ0) is 20.9. The zero-order valence-electron chi connectivity index (χ0n) is 17.5. The number of amides is 1. The Morgan fingerprint density at radius 2 is 1.77 bits per heavy atom. The molecule has 30 heavy (non-hydrogen) atoms. The van der Waals surface area contributed by atoms with Crippen LogP contribution in [0.2, 0.25) is 0 Å². The Morgan fingerprint density at radius 3 is 2.50 bits per heavy atom. The van der Waals surface area contributed by atoms with E-state index >= 15 is 0 Å². The predicted octanol–water partition coefficient (Wildman–Crippen LogP) is 6.31. The number of nitrogens with one attached hydrogen (secondary N) is 2. The van der Waals surface area contributed by atoms with Gasteiger partial charge in [0.1, 0.15) is 0 Å². The summed E-state index contributed by atoms with van der Waals surface area (Å²) in [7, 11) is 0. The van der Waals surface area contributed by atoms with Crippen LogP contribution in [0.25, 0.3) is 22.3 Å². The maximum absolute atomic E-state index is 12.4. The number of rotatable bonds is 7. The smallest absolute Gasteiger partial charge is 0.224 e. The Hall–Kier alpha value is -3.40. The minimum Gasteiger partial charge on any atom is -0.353 e. The first kappa shape index (κ1) is 19.9. The molecule has 0 atom stereocenters. The monoisotopic (exact) mass is 397 g/mol. The number of H-pyrrole nitrogens is 1. The van der Waals surface area contributed by atoms with Crippen molar-refractivity contribution in [3.05, 3.63) is 84.1 Å². The zero-order valence-corrected chi connectivity index (χ0v) is 17.5. The summed E-state index contributed by atoms with van der Waals surface area (Å²) in [6.45, 7) is 4.33. The van der Waals surface area contributed by atoms with Crippen LogP contribution in [0, 0.1) is 0 Å². The standard InChI is InChI=1S/C26H27N3O/c1-18(2)19-13-15-20(16-14-19)28-25(30)12-7-9-22-21-8-3-4-10-23(21)29-26(22)24-11-5-6-17-27-24/h3-6,8,10-11,13-18,29H,7,9,12H2,1-2H3,(H,28,30). The summed E-state index contributed by atoms with van der Waals surface area (Å²) < 4.78 is 0. The third-order valence-electron chi connectivity index (χ3n) is 5.43. The van der Waals surface area contributed by atoms with Crippen molar-refractivity contribution in [3.8, 4) is 11.4 Å². The fraction of sp³-hybridized carbons (Fsp3) is 0.231. The van der Waals surface area contributed by atoms with Crippen LogP contribution in [0.4, 0.5) is 5.69 Å². The second kappa shape index (κ2) is 8.95. The fourth-order valence-electron chi connectivity index (χ4n) is 3.79. The van der Waals surface area contributed by atoms with Crippen molar-refractivity contribution in [2.24, 2.45) is 0 Å². The summed E-state index contributed by atoms with van der Waals surface area (Å²) in [5.41, 5.74) is 6.42. The highest BCUT2D eigenvalue weighted by molar-refractivity contribution is 5.91. The van der Waals surface area contributed by atoms with Gasteiger partial charge in [-0.25, -0.2) is 0 Å². The van der Waals surface area contributed by atoms with E-state index in [9.17, 15) is 4.79 Å². The van der Waals surface area contributed by atoms with Crippen molar-refractivity contribution in [1.29, 1.82) is 0 Å². The number of benzene rings is 2. The number of para-hydroxylation sites is 1. The van der Waals surface area contributed by atoms with Gasteiger partial charge in [0.05, 0.1) is 11.4 Å². The lowest BCUT2D eigenvalue weighted by Gasteiger charge is -2.09. The minimum absolute atomic E-state index is 0.0477. The van der Waals surface area contributed by atoms with Crippen molar-refractivity contribution in [2.75, 3.05) is 5.32 Å². The first-order valence-corrected chi connectivity index (χ1v) is 10.5. The Balaban J connectivity index is 1.44. The molecule has 2 N–H and O–H groups in total. The Labute approximate surface area is 177 Å². The van der Waals surface area contributed by atoms with Crippen LogP contribution in [0.3, 0.4) is 0 Å². The largest absolute Gasteiger partial charge is 0.353 e. The van der Waals surface area contributed by atoms with E-state index < -0.39 is 0 Å².